The third-order valence-corrected chi connectivity index (χ3v) is 9.82. The quantitative estimate of drug-likeness (QED) is 0.0799. The number of aryl methyl sites for hydroxylation is 1. The molecule has 6 rings (SSSR count). The fourth-order valence-corrected chi connectivity index (χ4v) is 6.85. The summed E-state index contributed by atoms with van der Waals surface area (Å²) in [6.07, 6.45) is -12.8. The fourth-order valence-electron chi connectivity index (χ4n) is 6.41. The second-order valence-corrected chi connectivity index (χ2v) is 13.5. The van der Waals surface area contributed by atoms with Gasteiger partial charge in [-0.2, -0.15) is 0 Å². The highest BCUT2D eigenvalue weighted by Crippen LogP contribution is 2.40. The zero-order valence-corrected chi connectivity index (χ0v) is 30.3. The number of aliphatic hydroxyl groups is 5. The van der Waals surface area contributed by atoms with Crippen molar-refractivity contribution in [2.75, 3.05) is 24.7 Å². The lowest BCUT2D eigenvalue weighted by Gasteiger charge is -2.48. The summed E-state index contributed by atoms with van der Waals surface area (Å²) in [5.74, 6) is -2.61. The van der Waals surface area contributed by atoms with E-state index in [1.807, 2.05) is 6.92 Å². The maximum absolute atomic E-state index is 13.9. The molecule has 0 spiro atoms. The summed E-state index contributed by atoms with van der Waals surface area (Å²) < 4.78 is 24.2. The monoisotopic (exact) mass is 772 g/mol. The average molecular weight is 773 g/mol. The Kier molecular flexibility index (Phi) is 12.2. The van der Waals surface area contributed by atoms with Crippen molar-refractivity contribution in [3.8, 4) is 0 Å². The van der Waals surface area contributed by atoms with E-state index >= 15 is 0 Å². The number of ether oxygens (including phenoxy) is 4. The van der Waals surface area contributed by atoms with Gasteiger partial charge < -0.3 is 49.4 Å². The number of β-amino-alcohol motifs (C(OH)–C–C–N with tert-alkyl or cyclic N) is 1. The molecule has 0 bridgehead atoms. The van der Waals surface area contributed by atoms with Crippen molar-refractivity contribution < 1.29 is 58.9 Å². The van der Waals surface area contributed by atoms with Crippen LogP contribution in [-0.2, 0) is 18.9 Å². The highest BCUT2D eigenvalue weighted by Gasteiger charge is 2.62. The zero-order chi connectivity index (χ0) is 39.3. The molecule has 4 aromatic carbocycles. The Bertz CT molecular complexity index is 1960. The molecular formula is C40H40N2O12S. The van der Waals surface area contributed by atoms with Gasteiger partial charge in [0.2, 0.25) is 0 Å². The zero-order valence-electron chi connectivity index (χ0n) is 29.5. The predicted molar refractivity (Wildman–Crippen MR) is 200 cm³/mol. The van der Waals surface area contributed by atoms with Crippen LogP contribution in [0.1, 0.15) is 36.6 Å². The number of esters is 3. The molecular weight excluding hydrogens is 733 g/mol. The van der Waals surface area contributed by atoms with Crippen molar-refractivity contribution >= 4 is 40.9 Å². The van der Waals surface area contributed by atoms with Crippen LogP contribution in [0.4, 0.5) is 5.69 Å². The minimum Gasteiger partial charge on any atom is -0.452 e. The van der Waals surface area contributed by atoms with Gasteiger partial charge in [0, 0.05) is 5.69 Å². The molecule has 2 heterocycles. The van der Waals surface area contributed by atoms with Crippen LogP contribution in [0.5, 0.6) is 0 Å². The number of aliphatic hydroxyl groups excluding tert-OH is 4. The van der Waals surface area contributed by atoms with E-state index in [9.17, 15) is 39.9 Å². The van der Waals surface area contributed by atoms with Crippen molar-refractivity contribution in [1.82, 2.24) is 4.90 Å². The smallest absolute Gasteiger partial charge is 0.338 e. The fraction of sp³-hybridized carbons (Fsp3) is 0.300. The van der Waals surface area contributed by atoms with Gasteiger partial charge in [0.25, 0.3) is 0 Å². The molecule has 5 N–H and O–H groups in total. The number of thiocarbonyl (C=S) groups is 1. The first-order valence-corrected chi connectivity index (χ1v) is 17.8. The van der Waals surface area contributed by atoms with Gasteiger partial charge in [-0.1, -0.05) is 72.3 Å². The SMILES string of the molecule is Cc1ccc(N2C[C@@](O)([C@@H](O)[C@H](O)[C@H](O)CO)N([C@@H]3OC[C@@H](OC(=O)c4ccccc4)[C@@H](OC(=O)c4ccccc4)[C@H]3OC(=O)c3ccccc3)C2=S)cc1. The molecule has 0 unspecified atom stereocenters. The van der Waals surface area contributed by atoms with E-state index in [0.29, 0.717) is 5.69 Å². The number of hydrogen-bond acceptors (Lipinski definition) is 13. The van der Waals surface area contributed by atoms with Gasteiger partial charge in [0.05, 0.1) is 36.4 Å². The highest BCUT2D eigenvalue weighted by molar-refractivity contribution is 7.80. The Morgan fingerprint density at radius 1 is 0.764 bits per heavy atom. The van der Waals surface area contributed by atoms with E-state index in [2.05, 4.69) is 0 Å². The van der Waals surface area contributed by atoms with E-state index in [-0.39, 0.29) is 21.8 Å². The maximum atomic E-state index is 13.9. The summed E-state index contributed by atoms with van der Waals surface area (Å²) >= 11 is 5.91. The van der Waals surface area contributed by atoms with Crippen LogP contribution in [0.2, 0.25) is 0 Å². The molecule has 2 aliphatic heterocycles. The first-order chi connectivity index (χ1) is 26.4. The van der Waals surface area contributed by atoms with E-state index in [1.54, 1.807) is 78.9 Å². The summed E-state index contributed by atoms with van der Waals surface area (Å²) in [5, 5.41) is 54.8. The van der Waals surface area contributed by atoms with Crippen LogP contribution in [0, 0.1) is 6.92 Å². The van der Waals surface area contributed by atoms with Crippen LogP contribution in [0.3, 0.4) is 0 Å². The molecule has 2 saturated heterocycles. The molecule has 0 aliphatic carbocycles. The molecule has 2 fully saturated rings. The lowest BCUT2D eigenvalue weighted by molar-refractivity contribution is -0.270. The van der Waals surface area contributed by atoms with E-state index in [1.165, 1.54) is 41.3 Å². The number of hydrogen-bond donors (Lipinski definition) is 5. The normalized spacial score (nSPS) is 24.1. The van der Waals surface area contributed by atoms with Gasteiger partial charge in [-0.25, -0.2) is 14.4 Å². The van der Waals surface area contributed by atoms with E-state index in [4.69, 9.17) is 31.2 Å². The van der Waals surface area contributed by atoms with Crippen LogP contribution < -0.4 is 4.90 Å². The number of carbonyl (C=O) groups excluding carboxylic acids is 3. The molecule has 2 aliphatic rings. The number of carbonyl (C=O) groups is 3. The van der Waals surface area contributed by atoms with Gasteiger partial charge in [-0.15, -0.1) is 0 Å². The first-order valence-electron chi connectivity index (χ1n) is 17.4. The predicted octanol–water partition coefficient (Wildman–Crippen LogP) is 2.20. The number of nitrogens with zero attached hydrogens (tertiary/aromatic N) is 2. The maximum Gasteiger partial charge on any atom is 0.338 e. The second-order valence-electron chi connectivity index (χ2n) is 13.1. The topological polar surface area (TPSA) is 196 Å². The van der Waals surface area contributed by atoms with Crippen molar-refractivity contribution in [2.24, 2.45) is 0 Å². The van der Waals surface area contributed by atoms with Crippen LogP contribution in [0.15, 0.2) is 115 Å². The second kappa shape index (κ2) is 17.0. The van der Waals surface area contributed by atoms with Gasteiger partial charge in [0.15, 0.2) is 35.4 Å². The molecule has 0 aromatic heterocycles. The summed E-state index contributed by atoms with van der Waals surface area (Å²) in [4.78, 5) is 43.4. The molecule has 14 nitrogen and oxygen atoms in total. The lowest BCUT2D eigenvalue weighted by Crippen LogP contribution is -2.70. The molecule has 0 saturated carbocycles. The van der Waals surface area contributed by atoms with Crippen molar-refractivity contribution in [2.45, 2.75) is 55.5 Å². The van der Waals surface area contributed by atoms with Crippen LogP contribution in [-0.4, -0.2) is 122 Å². The number of anilines is 1. The highest BCUT2D eigenvalue weighted by atomic mass is 32.1. The first kappa shape index (κ1) is 39.4. The average Bonchev–Trinajstić information content (AvgIpc) is 3.49. The summed E-state index contributed by atoms with van der Waals surface area (Å²) in [7, 11) is 0. The minimum absolute atomic E-state index is 0.0832. The molecule has 55 heavy (non-hydrogen) atoms. The number of rotatable bonds is 12. The van der Waals surface area contributed by atoms with Crippen molar-refractivity contribution in [3.63, 3.8) is 0 Å². The molecule has 0 amide bonds. The Balaban J connectivity index is 1.47. The van der Waals surface area contributed by atoms with Gasteiger partial charge in [-0.05, 0) is 67.7 Å². The summed E-state index contributed by atoms with van der Waals surface area (Å²) in [5.41, 5.74) is -0.899. The van der Waals surface area contributed by atoms with Gasteiger partial charge in [0.1, 0.15) is 18.3 Å². The summed E-state index contributed by atoms with van der Waals surface area (Å²) in [6, 6.07) is 30.7. The van der Waals surface area contributed by atoms with Crippen molar-refractivity contribution in [3.05, 3.63) is 138 Å². The van der Waals surface area contributed by atoms with Gasteiger partial charge in [-0.3, -0.25) is 4.90 Å². The van der Waals surface area contributed by atoms with Crippen LogP contribution >= 0.6 is 12.2 Å². The largest absolute Gasteiger partial charge is 0.452 e. The summed E-state index contributed by atoms with van der Waals surface area (Å²) in [6.45, 7) is -0.132. The Morgan fingerprint density at radius 2 is 1.24 bits per heavy atom. The van der Waals surface area contributed by atoms with E-state index in [0.717, 1.165) is 10.5 Å². The molecule has 15 heteroatoms. The molecule has 0 radical (unpaired) electrons. The standard InChI is InChI=1S/C40H40N2O12S/c1-24-17-19-28(20-18-24)41-23-40(50,34(46)31(45)29(44)21-43)42(39(41)55)35-33(54-38(49)27-15-9-4-10-16-27)32(53-37(48)26-13-7-3-8-14-26)30(22-51-35)52-36(47)25-11-5-2-6-12-25/h2-20,29-35,43-46,50H,21-23H2,1H3/t29-,30-,31-,32-,33-,34+,35-,40-/m1/s1. The Morgan fingerprint density at radius 3 is 1.73 bits per heavy atom. The molecule has 8 atom stereocenters. The Hall–Kier alpha value is -5.26. The van der Waals surface area contributed by atoms with Crippen molar-refractivity contribution in [1.29, 1.82) is 0 Å². The van der Waals surface area contributed by atoms with Crippen LogP contribution in [0.25, 0.3) is 0 Å². The third kappa shape index (κ3) is 8.38. The molecule has 288 valence electrons. The minimum atomic E-state index is -2.62. The lowest BCUT2D eigenvalue weighted by atomic mass is 9.94. The van der Waals surface area contributed by atoms with Gasteiger partial charge >= 0.3 is 17.9 Å². The third-order valence-electron chi connectivity index (χ3n) is 9.40. The van der Waals surface area contributed by atoms with E-state index < -0.39 is 86.2 Å². The Labute approximate surface area is 321 Å². The molecule has 4 aromatic rings. The number of benzene rings is 4.